The zero-order valence-corrected chi connectivity index (χ0v) is 12.3. The van der Waals surface area contributed by atoms with Crippen LogP contribution in [0, 0.1) is 12.3 Å². The van der Waals surface area contributed by atoms with E-state index < -0.39 is 0 Å². The Kier molecular flexibility index (Phi) is 3.71. The smallest absolute Gasteiger partial charge is 0.0901 e. The summed E-state index contributed by atoms with van der Waals surface area (Å²) in [5, 5.41) is 6.70. The second-order valence-corrected chi connectivity index (χ2v) is 6.81. The van der Waals surface area contributed by atoms with Gasteiger partial charge in [-0.1, -0.05) is 32.9 Å². The van der Waals surface area contributed by atoms with Crippen LogP contribution in [0.3, 0.4) is 0 Å². The van der Waals surface area contributed by atoms with Crippen molar-refractivity contribution in [1.82, 2.24) is 4.98 Å². The molecule has 96 valence electrons. The van der Waals surface area contributed by atoms with E-state index in [0.717, 1.165) is 22.9 Å². The molecule has 1 heterocycles. The van der Waals surface area contributed by atoms with Crippen LogP contribution in [0.25, 0.3) is 11.3 Å². The van der Waals surface area contributed by atoms with Crippen molar-refractivity contribution in [1.29, 1.82) is 0 Å². The lowest BCUT2D eigenvalue weighted by Gasteiger charge is -2.19. The highest BCUT2D eigenvalue weighted by Crippen LogP contribution is 2.24. The summed E-state index contributed by atoms with van der Waals surface area (Å²) in [7, 11) is 0. The quantitative estimate of drug-likeness (QED) is 0.874. The average molecular weight is 260 g/mol. The van der Waals surface area contributed by atoms with E-state index in [-0.39, 0.29) is 5.41 Å². The number of nitrogens with one attached hydrogen (secondary N) is 1. The number of benzene rings is 1. The number of anilines is 1. The highest BCUT2D eigenvalue weighted by Gasteiger charge is 2.09. The minimum absolute atomic E-state index is 0.285. The second-order valence-electron chi connectivity index (χ2n) is 5.75. The third-order valence-electron chi connectivity index (χ3n) is 2.60. The van der Waals surface area contributed by atoms with Gasteiger partial charge in [0.2, 0.25) is 0 Å². The van der Waals surface area contributed by atoms with Crippen LogP contribution in [-0.2, 0) is 0 Å². The van der Waals surface area contributed by atoms with Crippen LogP contribution >= 0.6 is 11.3 Å². The highest BCUT2D eigenvalue weighted by molar-refractivity contribution is 7.09. The van der Waals surface area contributed by atoms with Crippen LogP contribution in [0.4, 0.5) is 5.69 Å². The Morgan fingerprint density at radius 3 is 2.67 bits per heavy atom. The number of hydrogen-bond donors (Lipinski definition) is 1. The molecule has 0 spiro atoms. The molecule has 2 nitrogen and oxygen atoms in total. The summed E-state index contributed by atoms with van der Waals surface area (Å²) in [5.74, 6) is 0. The molecular formula is C15H20N2S. The Hall–Kier alpha value is -1.35. The van der Waals surface area contributed by atoms with Gasteiger partial charge in [0, 0.05) is 23.2 Å². The molecule has 0 amide bonds. The molecule has 2 rings (SSSR count). The highest BCUT2D eigenvalue weighted by atomic mass is 32.1. The van der Waals surface area contributed by atoms with Crippen molar-refractivity contribution in [2.24, 2.45) is 5.41 Å². The summed E-state index contributed by atoms with van der Waals surface area (Å²) in [4.78, 5) is 4.52. The van der Waals surface area contributed by atoms with E-state index in [1.165, 1.54) is 5.56 Å². The molecule has 1 N–H and O–H groups in total. The largest absolute Gasteiger partial charge is 0.385 e. The van der Waals surface area contributed by atoms with Gasteiger partial charge in [-0.05, 0) is 24.5 Å². The molecule has 0 saturated heterocycles. The summed E-state index contributed by atoms with van der Waals surface area (Å²) < 4.78 is 0. The summed E-state index contributed by atoms with van der Waals surface area (Å²) >= 11 is 1.69. The van der Waals surface area contributed by atoms with Gasteiger partial charge in [-0.15, -0.1) is 11.3 Å². The van der Waals surface area contributed by atoms with Crippen LogP contribution in [0.1, 0.15) is 25.8 Å². The SMILES string of the molecule is Cc1nc(-c2cccc(NCC(C)(C)C)c2)cs1. The summed E-state index contributed by atoms with van der Waals surface area (Å²) in [6.45, 7) is 9.69. The number of nitrogens with zero attached hydrogens (tertiary/aromatic N) is 1. The third kappa shape index (κ3) is 3.57. The summed E-state index contributed by atoms with van der Waals surface area (Å²) in [5.41, 5.74) is 3.69. The fourth-order valence-corrected chi connectivity index (χ4v) is 2.27. The van der Waals surface area contributed by atoms with Crippen molar-refractivity contribution in [3.8, 4) is 11.3 Å². The Bertz CT molecular complexity index is 523. The number of aryl methyl sites for hydroxylation is 1. The van der Waals surface area contributed by atoms with E-state index >= 15 is 0 Å². The van der Waals surface area contributed by atoms with Crippen LogP contribution in [0.5, 0.6) is 0 Å². The molecule has 3 heteroatoms. The summed E-state index contributed by atoms with van der Waals surface area (Å²) in [6.07, 6.45) is 0. The van der Waals surface area contributed by atoms with Gasteiger partial charge < -0.3 is 5.32 Å². The fraction of sp³-hybridized carbons (Fsp3) is 0.400. The number of rotatable bonds is 3. The van der Waals surface area contributed by atoms with Crippen LogP contribution in [0.15, 0.2) is 29.6 Å². The molecule has 0 fully saturated rings. The molecule has 18 heavy (non-hydrogen) atoms. The van der Waals surface area contributed by atoms with Gasteiger partial charge in [0.05, 0.1) is 10.7 Å². The van der Waals surface area contributed by atoms with Gasteiger partial charge in [0.15, 0.2) is 0 Å². The number of aromatic nitrogens is 1. The lowest BCUT2D eigenvalue weighted by Crippen LogP contribution is -2.18. The van der Waals surface area contributed by atoms with E-state index in [2.05, 4.69) is 60.7 Å². The zero-order chi connectivity index (χ0) is 13.2. The second kappa shape index (κ2) is 5.11. The maximum atomic E-state index is 4.52. The van der Waals surface area contributed by atoms with E-state index in [1.54, 1.807) is 11.3 Å². The molecule has 1 aromatic heterocycles. The Morgan fingerprint density at radius 2 is 2.06 bits per heavy atom. The Balaban J connectivity index is 2.15. The first kappa shape index (κ1) is 13.1. The molecule has 0 aliphatic heterocycles. The maximum absolute atomic E-state index is 4.52. The van der Waals surface area contributed by atoms with Crippen molar-refractivity contribution >= 4 is 17.0 Å². The van der Waals surface area contributed by atoms with Gasteiger partial charge in [0.25, 0.3) is 0 Å². The molecule has 1 aromatic carbocycles. The van der Waals surface area contributed by atoms with Gasteiger partial charge in [-0.3, -0.25) is 0 Å². The molecule has 0 unspecified atom stereocenters. The molecule has 0 atom stereocenters. The lowest BCUT2D eigenvalue weighted by atomic mass is 9.97. The Morgan fingerprint density at radius 1 is 1.28 bits per heavy atom. The molecular weight excluding hydrogens is 240 g/mol. The third-order valence-corrected chi connectivity index (χ3v) is 3.37. The van der Waals surface area contributed by atoms with Gasteiger partial charge in [-0.2, -0.15) is 0 Å². The topological polar surface area (TPSA) is 24.9 Å². The molecule has 0 saturated carbocycles. The molecule has 0 radical (unpaired) electrons. The van der Waals surface area contributed by atoms with Crippen molar-refractivity contribution in [3.05, 3.63) is 34.7 Å². The number of hydrogen-bond acceptors (Lipinski definition) is 3. The van der Waals surface area contributed by atoms with Crippen molar-refractivity contribution in [2.45, 2.75) is 27.7 Å². The minimum atomic E-state index is 0.285. The first-order valence-corrected chi connectivity index (χ1v) is 7.08. The fourth-order valence-electron chi connectivity index (χ4n) is 1.65. The first-order chi connectivity index (χ1) is 8.44. The summed E-state index contributed by atoms with van der Waals surface area (Å²) in [6, 6.07) is 8.46. The Labute approximate surface area is 113 Å². The van der Waals surface area contributed by atoms with Gasteiger partial charge >= 0.3 is 0 Å². The molecule has 0 bridgehead atoms. The number of thiazole rings is 1. The molecule has 2 aromatic rings. The van der Waals surface area contributed by atoms with E-state index in [0.29, 0.717) is 0 Å². The van der Waals surface area contributed by atoms with Crippen molar-refractivity contribution in [2.75, 3.05) is 11.9 Å². The predicted molar refractivity (Wildman–Crippen MR) is 80.2 cm³/mol. The van der Waals surface area contributed by atoms with E-state index in [9.17, 15) is 0 Å². The average Bonchev–Trinajstić information content (AvgIpc) is 2.73. The molecule has 0 aliphatic rings. The normalized spacial score (nSPS) is 11.6. The van der Waals surface area contributed by atoms with Gasteiger partial charge in [0.1, 0.15) is 0 Å². The monoisotopic (exact) mass is 260 g/mol. The van der Waals surface area contributed by atoms with Crippen molar-refractivity contribution in [3.63, 3.8) is 0 Å². The first-order valence-electron chi connectivity index (χ1n) is 6.20. The molecule has 0 aliphatic carbocycles. The standard InChI is InChI=1S/C15H20N2S/c1-11-17-14(9-18-11)12-6-5-7-13(8-12)16-10-15(2,3)4/h5-9,16H,10H2,1-4H3. The van der Waals surface area contributed by atoms with E-state index in [1.807, 2.05) is 6.92 Å². The zero-order valence-electron chi connectivity index (χ0n) is 11.4. The van der Waals surface area contributed by atoms with Crippen LogP contribution < -0.4 is 5.32 Å². The van der Waals surface area contributed by atoms with Crippen molar-refractivity contribution < 1.29 is 0 Å². The van der Waals surface area contributed by atoms with Crippen LogP contribution in [-0.4, -0.2) is 11.5 Å². The predicted octanol–water partition coefficient (Wildman–Crippen LogP) is 4.58. The van der Waals surface area contributed by atoms with E-state index in [4.69, 9.17) is 0 Å². The van der Waals surface area contributed by atoms with Crippen LogP contribution in [0.2, 0.25) is 0 Å². The van der Waals surface area contributed by atoms with Gasteiger partial charge in [-0.25, -0.2) is 4.98 Å². The lowest BCUT2D eigenvalue weighted by molar-refractivity contribution is 0.443. The maximum Gasteiger partial charge on any atom is 0.0901 e. The minimum Gasteiger partial charge on any atom is -0.385 e.